The normalized spacial score (nSPS) is 15.1. The van der Waals surface area contributed by atoms with E-state index < -0.39 is 0 Å². The first-order valence-electron chi connectivity index (χ1n) is 5.54. The average Bonchev–Trinajstić information content (AvgIpc) is 2.21. The van der Waals surface area contributed by atoms with Crippen LogP contribution in [0.4, 0.5) is 0 Å². The van der Waals surface area contributed by atoms with E-state index in [1.165, 1.54) is 31.4 Å². The molecule has 0 aromatic carbocycles. The van der Waals surface area contributed by atoms with Gasteiger partial charge in [-0.2, -0.15) is 24.4 Å². The van der Waals surface area contributed by atoms with Gasteiger partial charge in [-0.1, -0.05) is 26.3 Å². The highest BCUT2D eigenvalue weighted by Gasteiger charge is 2.07. The Morgan fingerprint density at radius 2 is 2.14 bits per heavy atom. The minimum absolute atomic E-state index is 0.839. The molecule has 0 aliphatic rings. The monoisotopic (exact) mass is 232 g/mol. The van der Waals surface area contributed by atoms with E-state index in [1.54, 1.807) is 0 Å². The molecule has 0 nitrogen and oxygen atoms in total. The van der Waals surface area contributed by atoms with Crippen molar-refractivity contribution in [3.05, 3.63) is 12.7 Å². The Morgan fingerprint density at radius 1 is 1.43 bits per heavy atom. The van der Waals surface area contributed by atoms with E-state index in [9.17, 15) is 0 Å². The topological polar surface area (TPSA) is 0 Å². The highest BCUT2D eigenvalue weighted by Crippen LogP contribution is 2.21. The number of thiol groups is 1. The standard InChI is InChI=1S/C12H24S2/c1-4-6-12(5-2)8-7-11(3)9-14-10-13/h4,11-13H,1,5-10H2,2-3H3. The van der Waals surface area contributed by atoms with E-state index in [-0.39, 0.29) is 0 Å². The number of rotatable bonds is 9. The maximum Gasteiger partial charge on any atom is 0.0361 e. The summed E-state index contributed by atoms with van der Waals surface area (Å²) in [6.45, 7) is 8.43. The molecule has 0 radical (unpaired) electrons. The quantitative estimate of drug-likeness (QED) is 0.344. The van der Waals surface area contributed by atoms with Crippen molar-refractivity contribution >= 4 is 24.4 Å². The average molecular weight is 232 g/mol. The van der Waals surface area contributed by atoms with Crippen LogP contribution in [0.1, 0.15) is 39.5 Å². The van der Waals surface area contributed by atoms with Crippen LogP contribution in [0.25, 0.3) is 0 Å². The Balaban J connectivity index is 3.51. The van der Waals surface area contributed by atoms with Crippen molar-refractivity contribution in [1.82, 2.24) is 0 Å². The number of hydrogen-bond acceptors (Lipinski definition) is 2. The molecule has 0 heterocycles. The Labute approximate surface area is 99.3 Å². The van der Waals surface area contributed by atoms with Crippen molar-refractivity contribution < 1.29 is 0 Å². The van der Waals surface area contributed by atoms with Crippen LogP contribution in [0.5, 0.6) is 0 Å². The molecule has 84 valence electrons. The van der Waals surface area contributed by atoms with E-state index in [1.807, 2.05) is 11.8 Å². The summed E-state index contributed by atoms with van der Waals surface area (Å²) in [4.78, 5) is 0. The molecule has 0 bridgehead atoms. The molecule has 0 fully saturated rings. The van der Waals surface area contributed by atoms with E-state index in [2.05, 4.69) is 39.1 Å². The van der Waals surface area contributed by atoms with E-state index in [0.29, 0.717) is 0 Å². The third-order valence-electron chi connectivity index (χ3n) is 2.64. The van der Waals surface area contributed by atoms with Gasteiger partial charge < -0.3 is 0 Å². The molecule has 0 aliphatic heterocycles. The third kappa shape index (κ3) is 7.81. The zero-order chi connectivity index (χ0) is 10.8. The maximum atomic E-state index is 4.21. The lowest BCUT2D eigenvalue weighted by Crippen LogP contribution is -2.04. The molecular weight excluding hydrogens is 208 g/mol. The fourth-order valence-corrected chi connectivity index (χ4v) is 2.57. The predicted octanol–water partition coefficient (Wildman–Crippen LogP) is 4.63. The summed E-state index contributed by atoms with van der Waals surface area (Å²) in [5.74, 6) is 2.95. The minimum Gasteiger partial charge on any atom is -0.168 e. The Bertz CT molecular complexity index is 134. The van der Waals surface area contributed by atoms with Crippen LogP contribution in [0.15, 0.2) is 12.7 Å². The van der Waals surface area contributed by atoms with Gasteiger partial charge in [0, 0.05) is 5.08 Å². The third-order valence-corrected chi connectivity index (χ3v) is 4.17. The Morgan fingerprint density at radius 3 is 2.64 bits per heavy atom. The van der Waals surface area contributed by atoms with Gasteiger partial charge in [0.1, 0.15) is 0 Å². The van der Waals surface area contributed by atoms with Crippen molar-refractivity contribution in [3.8, 4) is 0 Å². The molecule has 0 aromatic heterocycles. The predicted molar refractivity (Wildman–Crippen MR) is 73.3 cm³/mol. The van der Waals surface area contributed by atoms with Gasteiger partial charge in [0.15, 0.2) is 0 Å². The van der Waals surface area contributed by atoms with Gasteiger partial charge in [-0.25, -0.2) is 0 Å². The van der Waals surface area contributed by atoms with Gasteiger partial charge in [-0.05, 0) is 36.9 Å². The van der Waals surface area contributed by atoms with Crippen molar-refractivity contribution in [1.29, 1.82) is 0 Å². The first-order chi connectivity index (χ1) is 6.74. The molecule has 2 heteroatoms. The fourth-order valence-electron chi connectivity index (χ4n) is 1.58. The SMILES string of the molecule is C=CCC(CC)CCC(C)CSCS. The van der Waals surface area contributed by atoms with Crippen molar-refractivity contribution in [3.63, 3.8) is 0 Å². The Hall–Kier alpha value is 0.440. The molecule has 2 unspecified atom stereocenters. The summed E-state index contributed by atoms with van der Waals surface area (Å²) in [7, 11) is 0. The summed E-state index contributed by atoms with van der Waals surface area (Å²) in [5.41, 5.74) is 0. The van der Waals surface area contributed by atoms with Gasteiger partial charge in [0.2, 0.25) is 0 Å². The lowest BCUT2D eigenvalue weighted by molar-refractivity contribution is 0.419. The summed E-state index contributed by atoms with van der Waals surface area (Å²) >= 11 is 6.14. The largest absolute Gasteiger partial charge is 0.168 e. The van der Waals surface area contributed by atoms with Crippen LogP contribution in [0.3, 0.4) is 0 Å². The summed E-state index contributed by atoms with van der Waals surface area (Å²) < 4.78 is 0. The smallest absolute Gasteiger partial charge is 0.0361 e. The highest BCUT2D eigenvalue weighted by molar-refractivity contribution is 8.09. The van der Waals surface area contributed by atoms with E-state index in [0.717, 1.165) is 16.9 Å². The number of thioether (sulfide) groups is 1. The second-order valence-corrected chi connectivity index (χ2v) is 5.76. The van der Waals surface area contributed by atoms with Gasteiger partial charge >= 0.3 is 0 Å². The van der Waals surface area contributed by atoms with Crippen molar-refractivity contribution in [2.24, 2.45) is 11.8 Å². The second-order valence-electron chi connectivity index (χ2n) is 3.98. The molecule has 0 spiro atoms. The summed E-state index contributed by atoms with van der Waals surface area (Å²) in [6.07, 6.45) is 7.24. The Kier molecular flexibility index (Phi) is 10.3. The molecule has 0 aliphatic carbocycles. The number of allylic oxidation sites excluding steroid dienone is 1. The van der Waals surface area contributed by atoms with Crippen LogP contribution in [-0.4, -0.2) is 10.8 Å². The molecule has 14 heavy (non-hydrogen) atoms. The van der Waals surface area contributed by atoms with Crippen molar-refractivity contribution in [2.75, 3.05) is 10.8 Å². The van der Waals surface area contributed by atoms with E-state index >= 15 is 0 Å². The van der Waals surface area contributed by atoms with Gasteiger partial charge in [0.25, 0.3) is 0 Å². The van der Waals surface area contributed by atoms with Crippen LogP contribution in [0.2, 0.25) is 0 Å². The minimum atomic E-state index is 0.839. The van der Waals surface area contributed by atoms with Crippen molar-refractivity contribution in [2.45, 2.75) is 39.5 Å². The maximum absolute atomic E-state index is 4.21. The van der Waals surface area contributed by atoms with Gasteiger partial charge in [-0.3, -0.25) is 0 Å². The second kappa shape index (κ2) is 9.97. The molecule has 2 atom stereocenters. The van der Waals surface area contributed by atoms with Crippen LogP contribution in [-0.2, 0) is 0 Å². The molecule has 0 aromatic rings. The molecule has 0 saturated heterocycles. The van der Waals surface area contributed by atoms with Crippen LogP contribution < -0.4 is 0 Å². The fraction of sp³-hybridized carbons (Fsp3) is 0.833. The van der Waals surface area contributed by atoms with Crippen LogP contribution in [0, 0.1) is 11.8 Å². The zero-order valence-electron chi connectivity index (χ0n) is 9.54. The number of hydrogen-bond donors (Lipinski definition) is 1. The first kappa shape index (κ1) is 14.4. The molecular formula is C12H24S2. The lowest BCUT2D eigenvalue weighted by atomic mass is 9.93. The van der Waals surface area contributed by atoms with Crippen LogP contribution >= 0.6 is 24.4 Å². The zero-order valence-corrected chi connectivity index (χ0v) is 11.2. The molecule has 0 saturated carbocycles. The molecule has 0 rings (SSSR count). The summed E-state index contributed by atoms with van der Waals surface area (Å²) in [5, 5.41) is 0.953. The van der Waals surface area contributed by atoms with Gasteiger partial charge in [-0.15, -0.1) is 6.58 Å². The molecule has 0 amide bonds. The molecule has 0 N–H and O–H groups in total. The summed E-state index contributed by atoms with van der Waals surface area (Å²) in [6, 6.07) is 0. The lowest BCUT2D eigenvalue weighted by Gasteiger charge is -2.15. The first-order valence-corrected chi connectivity index (χ1v) is 7.32. The van der Waals surface area contributed by atoms with E-state index in [4.69, 9.17) is 0 Å². The highest BCUT2D eigenvalue weighted by atomic mass is 32.2. The van der Waals surface area contributed by atoms with Gasteiger partial charge in [0.05, 0.1) is 0 Å².